The van der Waals surface area contributed by atoms with Crippen LogP contribution in [-0.2, 0) is 4.79 Å². The molecule has 1 amide bonds. The van der Waals surface area contributed by atoms with Crippen molar-refractivity contribution in [1.29, 1.82) is 0 Å². The fourth-order valence-electron chi connectivity index (χ4n) is 2.19. The second kappa shape index (κ2) is 6.94. The van der Waals surface area contributed by atoms with Gasteiger partial charge in [0.05, 0.1) is 6.04 Å². The first-order valence-corrected chi connectivity index (χ1v) is 6.81. The highest BCUT2D eigenvalue weighted by Gasteiger charge is 2.27. The Balaban J connectivity index is 1.73. The molecule has 1 unspecified atom stereocenters. The van der Waals surface area contributed by atoms with Crippen LogP contribution >= 0.6 is 0 Å². The van der Waals surface area contributed by atoms with Crippen LogP contribution in [0.15, 0.2) is 29.4 Å². The number of likely N-dealkylation sites (tertiary alicyclic amines) is 1. The van der Waals surface area contributed by atoms with Crippen molar-refractivity contribution >= 4 is 11.7 Å². The van der Waals surface area contributed by atoms with Crippen LogP contribution in [0.1, 0.15) is 12.0 Å². The number of carbonyl (C=O) groups excluding carboxylic acids is 1. The van der Waals surface area contributed by atoms with E-state index in [9.17, 15) is 4.79 Å². The van der Waals surface area contributed by atoms with E-state index in [-0.39, 0.29) is 17.8 Å². The van der Waals surface area contributed by atoms with Gasteiger partial charge in [-0.3, -0.25) is 4.79 Å². The van der Waals surface area contributed by atoms with E-state index in [1.807, 2.05) is 7.05 Å². The minimum Gasteiger partial charge on any atom is -0.492 e. The van der Waals surface area contributed by atoms with E-state index < -0.39 is 0 Å². The summed E-state index contributed by atoms with van der Waals surface area (Å²) in [5, 5.41) is 14.7. The molecule has 0 radical (unpaired) electrons. The Hall–Kier alpha value is -2.28. The molecule has 1 atom stereocenters. The second-order valence-electron chi connectivity index (χ2n) is 4.91. The van der Waals surface area contributed by atoms with Gasteiger partial charge in [0, 0.05) is 25.7 Å². The Labute approximate surface area is 123 Å². The van der Waals surface area contributed by atoms with Crippen molar-refractivity contribution in [3.05, 3.63) is 29.8 Å². The molecule has 1 saturated heterocycles. The molecule has 0 spiro atoms. The molecule has 1 heterocycles. The molecule has 7 nitrogen and oxygen atoms in total. The van der Waals surface area contributed by atoms with Crippen LogP contribution in [0.4, 0.5) is 0 Å². The minimum atomic E-state index is -0.0958. The SMILES string of the molecule is CN1CCC(NCCOc2ccc(/C(N)=N/O)cc2)C1=O. The molecular formula is C14H20N4O3. The van der Waals surface area contributed by atoms with Gasteiger partial charge < -0.3 is 25.9 Å². The van der Waals surface area contributed by atoms with Crippen molar-refractivity contribution in [2.45, 2.75) is 12.5 Å². The van der Waals surface area contributed by atoms with E-state index in [0.29, 0.717) is 24.5 Å². The number of amidine groups is 1. The Morgan fingerprint density at radius 3 is 2.81 bits per heavy atom. The van der Waals surface area contributed by atoms with Crippen molar-refractivity contribution in [3.8, 4) is 5.75 Å². The molecule has 1 aromatic carbocycles. The van der Waals surface area contributed by atoms with Gasteiger partial charge in [-0.15, -0.1) is 0 Å². The van der Waals surface area contributed by atoms with Crippen molar-refractivity contribution in [2.75, 3.05) is 26.7 Å². The topological polar surface area (TPSA) is 100 Å². The molecule has 0 bridgehead atoms. The van der Waals surface area contributed by atoms with Gasteiger partial charge in [-0.05, 0) is 30.7 Å². The van der Waals surface area contributed by atoms with Gasteiger partial charge in [-0.2, -0.15) is 0 Å². The Kier molecular flexibility index (Phi) is 4.99. The summed E-state index contributed by atoms with van der Waals surface area (Å²) in [5.74, 6) is 0.895. The lowest BCUT2D eigenvalue weighted by atomic mass is 10.2. The fraction of sp³-hybridized carbons (Fsp3) is 0.429. The average Bonchev–Trinajstić information content (AvgIpc) is 2.83. The smallest absolute Gasteiger partial charge is 0.239 e. The van der Waals surface area contributed by atoms with Crippen LogP contribution < -0.4 is 15.8 Å². The number of carbonyl (C=O) groups is 1. The number of ether oxygens (including phenoxy) is 1. The Bertz CT molecular complexity index is 515. The number of benzene rings is 1. The first-order chi connectivity index (χ1) is 10.1. The number of nitrogens with two attached hydrogens (primary N) is 1. The number of nitrogens with one attached hydrogen (secondary N) is 1. The van der Waals surface area contributed by atoms with Gasteiger partial charge >= 0.3 is 0 Å². The van der Waals surface area contributed by atoms with Gasteiger partial charge in [0.1, 0.15) is 12.4 Å². The van der Waals surface area contributed by atoms with E-state index in [1.165, 1.54) is 0 Å². The van der Waals surface area contributed by atoms with Gasteiger partial charge in [0.25, 0.3) is 0 Å². The molecule has 0 aliphatic carbocycles. The first-order valence-electron chi connectivity index (χ1n) is 6.81. The summed E-state index contributed by atoms with van der Waals surface area (Å²) in [4.78, 5) is 13.4. The van der Waals surface area contributed by atoms with Crippen LogP contribution in [0.2, 0.25) is 0 Å². The lowest BCUT2D eigenvalue weighted by molar-refractivity contribution is -0.128. The van der Waals surface area contributed by atoms with Gasteiger partial charge in [-0.25, -0.2) is 0 Å². The molecule has 0 saturated carbocycles. The highest BCUT2D eigenvalue weighted by atomic mass is 16.5. The number of oxime groups is 1. The van der Waals surface area contributed by atoms with Crippen molar-refractivity contribution in [1.82, 2.24) is 10.2 Å². The second-order valence-corrected chi connectivity index (χ2v) is 4.91. The van der Waals surface area contributed by atoms with Gasteiger partial charge in [0.2, 0.25) is 5.91 Å². The van der Waals surface area contributed by atoms with Crippen LogP contribution in [0.5, 0.6) is 5.75 Å². The monoisotopic (exact) mass is 292 g/mol. The average molecular weight is 292 g/mol. The maximum Gasteiger partial charge on any atom is 0.239 e. The number of likely N-dealkylation sites (N-methyl/N-ethyl adjacent to an activating group) is 1. The zero-order valence-electron chi connectivity index (χ0n) is 12.0. The van der Waals surface area contributed by atoms with Crippen molar-refractivity contribution in [2.24, 2.45) is 10.9 Å². The number of hydrogen-bond acceptors (Lipinski definition) is 5. The zero-order chi connectivity index (χ0) is 15.2. The summed E-state index contributed by atoms with van der Waals surface area (Å²) >= 11 is 0. The molecule has 1 aliphatic heterocycles. The number of nitrogens with zero attached hydrogens (tertiary/aromatic N) is 2. The molecule has 7 heteroatoms. The molecule has 114 valence electrons. The quantitative estimate of drug-likeness (QED) is 0.225. The van der Waals surface area contributed by atoms with E-state index in [0.717, 1.165) is 13.0 Å². The van der Waals surface area contributed by atoms with Crippen LogP contribution in [0.25, 0.3) is 0 Å². The largest absolute Gasteiger partial charge is 0.492 e. The van der Waals surface area contributed by atoms with E-state index in [1.54, 1.807) is 29.2 Å². The van der Waals surface area contributed by atoms with E-state index in [2.05, 4.69) is 10.5 Å². The maximum absolute atomic E-state index is 11.7. The molecule has 1 fully saturated rings. The maximum atomic E-state index is 11.7. The Morgan fingerprint density at radius 1 is 1.52 bits per heavy atom. The summed E-state index contributed by atoms with van der Waals surface area (Å²) in [7, 11) is 1.81. The molecule has 1 aliphatic rings. The van der Waals surface area contributed by atoms with Crippen LogP contribution in [-0.4, -0.2) is 54.6 Å². The number of rotatable bonds is 6. The third-order valence-electron chi connectivity index (χ3n) is 3.45. The summed E-state index contributed by atoms with van der Waals surface area (Å²) in [6.45, 7) is 1.87. The molecule has 1 aromatic rings. The predicted molar refractivity (Wildman–Crippen MR) is 78.5 cm³/mol. The van der Waals surface area contributed by atoms with Crippen molar-refractivity contribution in [3.63, 3.8) is 0 Å². The van der Waals surface area contributed by atoms with Gasteiger partial charge in [-0.1, -0.05) is 5.16 Å². The molecule has 4 N–H and O–H groups in total. The molecule has 2 rings (SSSR count). The highest BCUT2D eigenvalue weighted by Crippen LogP contribution is 2.12. The van der Waals surface area contributed by atoms with Crippen LogP contribution in [0, 0.1) is 0 Å². The highest BCUT2D eigenvalue weighted by molar-refractivity contribution is 5.97. The molecular weight excluding hydrogens is 272 g/mol. The predicted octanol–water partition coefficient (Wildman–Crippen LogP) is -0.0198. The summed E-state index contributed by atoms with van der Waals surface area (Å²) in [5.41, 5.74) is 6.10. The number of amides is 1. The normalized spacial score (nSPS) is 19.1. The van der Waals surface area contributed by atoms with Gasteiger partial charge in [0.15, 0.2) is 5.84 Å². The third kappa shape index (κ3) is 3.85. The standard InChI is InChI=1S/C14H20N4O3/c1-18-8-6-12(14(18)19)16-7-9-21-11-4-2-10(3-5-11)13(15)17-20/h2-5,12,16,20H,6-9H2,1H3,(H2,15,17). The summed E-state index contributed by atoms with van der Waals surface area (Å²) < 4.78 is 5.57. The molecule has 0 aromatic heterocycles. The fourth-order valence-corrected chi connectivity index (χ4v) is 2.19. The third-order valence-corrected chi connectivity index (χ3v) is 3.45. The Morgan fingerprint density at radius 2 is 2.24 bits per heavy atom. The number of hydrogen-bond donors (Lipinski definition) is 3. The minimum absolute atomic E-state index is 0.0621. The summed E-state index contributed by atoms with van der Waals surface area (Å²) in [6, 6.07) is 6.84. The lowest BCUT2D eigenvalue weighted by Crippen LogP contribution is -2.38. The zero-order valence-corrected chi connectivity index (χ0v) is 12.0. The lowest BCUT2D eigenvalue weighted by Gasteiger charge is -2.12. The van der Waals surface area contributed by atoms with Crippen molar-refractivity contribution < 1.29 is 14.7 Å². The molecule has 21 heavy (non-hydrogen) atoms. The first kappa shape index (κ1) is 15.1. The summed E-state index contributed by atoms with van der Waals surface area (Å²) in [6.07, 6.45) is 0.837. The van der Waals surface area contributed by atoms with Crippen LogP contribution in [0.3, 0.4) is 0 Å². The van der Waals surface area contributed by atoms with E-state index >= 15 is 0 Å². The van der Waals surface area contributed by atoms with E-state index in [4.69, 9.17) is 15.7 Å².